The zero-order valence-corrected chi connectivity index (χ0v) is 9.91. The molecule has 1 aromatic carbocycles. The third kappa shape index (κ3) is 2.55. The van der Waals surface area contributed by atoms with Gasteiger partial charge >= 0.3 is 5.97 Å². The molecule has 0 bridgehead atoms. The maximum absolute atomic E-state index is 13.1. The number of ether oxygens (including phenoxy) is 1. The fraction of sp³-hybridized carbons (Fsp3) is 0.222. The standard InChI is InChI=1S/C9H6F2O3.Na/c10-4-1-2-6(11)5(3-4)7-8(14-7)9(12)13;/h1-3,7-8H,(H,12,13);. The maximum Gasteiger partial charge on any atom is 0.335 e. The number of aliphatic carboxylic acids is 1. The fourth-order valence-electron chi connectivity index (χ4n) is 1.27. The van der Waals surface area contributed by atoms with Gasteiger partial charge in [0, 0.05) is 35.1 Å². The molecule has 1 heterocycles. The summed E-state index contributed by atoms with van der Waals surface area (Å²) in [7, 11) is 0. The van der Waals surface area contributed by atoms with E-state index in [0.717, 1.165) is 18.2 Å². The van der Waals surface area contributed by atoms with Crippen molar-refractivity contribution in [3.05, 3.63) is 35.4 Å². The Hall–Kier alpha value is -0.490. The first kappa shape index (κ1) is 12.6. The minimum Gasteiger partial charge on any atom is -0.479 e. The van der Waals surface area contributed by atoms with Crippen molar-refractivity contribution in [2.75, 3.05) is 0 Å². The Labute approximate surface area is 106 Å². The number of halogens is 2. The van der Waals surface area contributed by atoms with Crippen molar-refractivity contribution in [2.45, 2.75) is 12.2 Å². The van der Waals surface area contributed by atoms with Crippen LogP contribution < -0.4 is 0 Å². The van der Waals surface area contributed by atoms with E-state index in [1.807, 2.05) is 0 Å². The summed E-state index contributed by atoms with van der Waals surface area (Å²) in [4.78, 5) is 10.4. The number of rotatable bonds is 2. The molecule has 2 rings (SSSR count). The molecular weight excluding hydrogens is 217 g/mol. The van der Waals surface area contributed by atoms with Crippen molar-refractivity contribution in [1.82, 2.24) is 0 Å². The van der Waals surface area contributed by atoms with Crippen molar-refractivity contribution in [3.63, 3.8) is 0 Å². The van der Waals surface area contributed by atoms with E-state index in [4.69, 9.17) is 9.84 Å². The van der Waals surface area contributed by atoms with Gasteiger partial charge in [0.2, 0.25) is 0 Å². The van der Waals surface area contributed by atoms with Crippen molar-refractivity contribution < 1.29 is 23.4 Å². The van der Waals surface area contributed by atoms with Gasteiger partial charge in [0.1, 0.15) is 17.7 Å². The summed E-state index contributed by atoms with van der Waals surface area (Å²) >= 11 is 0. The van der Waals surface area contributed by atoms with Crippen LogP contribution >= 0.6 is 0 Å². The van der Waals surface area contributed by atoms with Gasteiger partial charge in [-0.15, -0.1) is 0 Å². The zero-order chi connectivity index (χ0) is 10.3. The molecule has 2 atom stereocenters. The van der Waals surface area contributed by atoms with E-state index >= 15 is 0 Å². The van der Waals surface area contributed by atoms with E-state index in [-0.39, 0.29) is 35.1 Å². The average molecular weight is 223 g/mol. The number of hydrogen-bond donors (Lipinski definition) is 1. The summed E-state index contributed by atoms with van der Waals surface area (Å²) in [5, 5.41) is 8.50. The molecular formula is C9H6F2NaO3. The van der Waals surface area contributed by atoms with Crippen molar-refractivity contribution in [3.8, 4) is 0 Å². The molecule has 2 unspecified atom stereocenters. The molecule has 1 fully saturated rings. The molecule has 0 aliphatic carbocycles. The number of carbonyl (C=O) groups is 1. The molecule has 0 spiro atoms. The van der Waals surface area contributed by atoms with Gasteiger partial charge in [-0.25, -0.2) is 13.6 Å². The van der Waals surface area contributed by atoms with E-state index in [9.17, 15) is 13.6 Å². The van der Waals surface area contributed by atoms with Crippen LogP contribution in [0, 0.1) is 11.6 Å². The van der Waals surface area contributed by atoms with E-state index in [1.54, 1.807) is 0 Å². The van der Waals surface area contributed by atoms with E-state index in [2.05, 4.69) is 0 Å². The van der Waals surface area contributed by atoms with Crippen LogP contribution in [0.25, 0.3) is 0 Å². The van der Waals surface area contributed by atoms with Crippen LogP contribution in [-0.4, -0.2) is 46.7 Å². The van der Waals surface area contributed by atoms with Gasteiger partial charge in [-0.1, -0.05) is 0 Å². The average Bonchev–Trinajstić information content (AvgIpc) is 2.88. The molecule has 6 heteroatoms. The molecule has 1 saturated heterocycles. The summed E-state index contributed by atoms with van der Waals surface area (Å²) in [5.74, 6) is -2.43. The monoisotopic (exact) mass is 223 g/mol. The number of carboxylic acids is 1. The zero-order valence-electron chi connectivity index (χ0n) is 7.91. The number of benzene rings is 1. The second-order valence-corrected chi connectivity index (χ2v) is 2.98. The topological polar surface area (TPSA) is 49.8 Å². The Kier molecular flexibility index (Phi) is 3.83. The Morgan fingerprint density at radius 2 is 2.07 bits per heavy atom. The Balaban J connectivity index is 0.00000112. The van der Waals surface area contributed by atoms with Gasteiger partial charge in [0.15, 0.2) is 6.10 Å². The minimum atomic E-state index is -1.17. The normalized spacial score (nSPS) is 23.1. The van der Waals surface area contributed by atoms with Crippen LogP contribution in [0.2, 0.25) is 0 Å². The molecule has 1 aliphatic heterocycles. The summed E-state index contributed by atoms with van der Waals surface area (Å²) in [6, 6.07) is 2.87. The summed E-state index contributed by atoms with van der Waals surface area (Å²) < 4.78 is 30.4. The Morgan fingerprint density at radius 3 is 2.60 bits per heavy atom. The van der Waals surface area contributed by atoms with Gasteiger partial charge in [-0.05, 0) is 18.2 Å². The predicted octanol–water partition coefficient (Wildman–Crippen LogP) is 1.11. The first-order chi connectivity index (χ1) is 6.59. The number of carboxylic acid groups (broad SMARTS) is 1. The quantitative estimate of drug-likeness (QED) is 0.603. The smallest absolute Gasteiger partial charge is 0.335 e. The van der Waals surface area contributed by atoms with E-state index < -0.39 is 29.8 Å². The molecule has 3 nitrogen and oxygen atoms in total. The summed E-state index contributed by atoms with van der Waals surface area (Å²) in [6.45, 7) is 0. The Morgan fingerprint density at radius 1 is 1.40 bits per heavy atom. The molecule has 15 heavy (non-hydrogen) atoms. The van der Waals surface area contributed by atoms with Crippen LogP contribution in [0.5, 0.6) is 0 Å². The summed E-state index contributed by atoms with van der Waals surface area (Å²) in [5.41, 5.74) is -0.0441. The molecule has 0 aromatic heterocycles. The number of hydrogen-bond acceptors (Lipinski definition) is 2. The third-order valence-electron chi connectivity index (χ3n) is 2.00. The second-order valence-electron chi connectivity index (χ2n) is 2.98. The van der Waals surface area contributed by atoms with Crippen molar-refractivity contribution in [2.24, 2.45) is 0 Å². The van der Waals surface area contributed by atoms with Gasteiger partial charge in [-0.2, -0.15) is 0 Å². The molecule has 1 N–H and O–H groups in total. The third-order valence-corrected chi connectivity index (χ3v) is 2.00. The SMILES string of the molecule is O=C(O)C1OC1c1cc(F)ccc1F.[Na]. The van der Waals surface area contributed by atoms with Crippen LogP contribution in [0.15, 0.2) is 18.2 Å². The molecule has 0 saturated carbocycles. The van der Waals surface area contributed by atoms with E-state index in [1.165, 1.54) is 0 Å². The minimum absolute atomic E-state index is 0. The molecule has 1 radical (unpaired) electrons. The first-order valence-corrected chi connectivity index (χ1v) is 3.93. The van der Waals surface area contributed by atoms with Crippen molar-refractivity contribution >= 4 is 35.5 Å². The number of epoxide rings is 1. The summed E-state index contributed by atoms with van der Waals surface area (Å²) in [6.07, 6.45) is -1.91. The molecule has 75 valence electrons. The van der Waals surface area contributed by atoms with E-state index in [0.29, 0.717) is 0 Å². The van der Waals surface area contributed by atoms with Crippen LogP contribution in [0.1, 0.15) is 11.7 Å². The predicted molar refractivity (Wildman–Crippen MR) is 47.4 cm³/mol. The van der Waals surface area contributed by atoms with Crippen molar-refractivity contribution in [1.29, 1.82) is 0 Å². The van der Waals surface area contributed by atoms with Crippen LogP contribution in [0.4, 0.5) is 8.78 Å². The maximum atomic E-state index is 13.1. The molecule has 0 amide bonds. The Bertz CT molecular complexity index is 397. The van der Waals surface area contributed by atoms with Gasteiger partial charge in [-0.3, -0.25) is 0 Å². The van der Waals surface area contributed by atoms with Gasteiger partial charge in [0.05, 0.1) is 0 Å². The van der Waals surface area contributed by atoms with Crippen LogP contribution in [-0.2, 0) is 9.53 Å². The second kappa shape index (κ2) is 4.57. The molecule has 1 aromatic rings. The molecule has 1 aliphatic rings. The van der Waals surface area contributed by atoms with Crippen LogP contribution in [0.3, 0.4) is 0 Å². The first-order valence-electron chi connectivity index (χ1n) is 3.93. The largest absolute Gasteiger partial charge is 0.479 e. The fourth-order valence-corrected chi connectivity index (χ4v) is 1.27. The van der Waals surface area contributed by atoms with Gasteiger partial charge in [0.25, 0.3) is 0 Å². The van der Waals surface area contributed by atoms with Gasteiger partial charge < -0.3 is 9.84 Å².